The molecular weight excluding hydrogens is 294 g/mol. The summed E-state index contributed by atoms with van der Waals surface area (Å²) in [5.74, 6) is 0.357. The second-order valence-electron chi connectivity index (χ2n) is 6.63. The summed E-state index contributed by atoms with van der Waals surface area (Å²) in [6.07, 6.45) is 1.92. The molecule has 4 nitrogen and oxygen atoms in total. The summed E-state index contributed by atoms with van der Waals surface area (Å²) >= 11 is 1.89. The zero-order valence-corrected chi connectivity index (χ0v) is 14.8. The zero-order valence-electron chi connectivity index (χ0n) is 14.0. The number of amides is 1. The minimum absolute atomic E-state index is 0.240. The van der Waals surface area contributed by atoms with Gasteiger partial charge in [-0.3, -0.25) is 14.6 Å². The van der Waals surface area contributed by atoms with Gasteiger partial charge in [-0.2, -0.15) is 0 Å². The van der Waals surface area contributed by atoms with E-state index in [1.165, 1.54) is 9.75 Å². The van der Waals surface area contributed by atoms with E-state index in [0.717, 1.165) is 52.1 Å². The molecule has 1 spiro atoms. The molecule has 0 saturated carbocycles. The summed E-state index contributed by atoms with van der Waals surface area (Å²) in [6.45, 7) is 10.0. The maximum absolute atomic E-state index is 12.9. The molecule has 22 heavy (non-hydrogen) atoms. The van der Waals surface area contributed by atoms with Crippen LogP contribution in [0.2, 0.25) is 0 Å². The number of hydrogen-bond acceptors (Lipinski definition) is 4. The molecule has 3 rings (SSSR count). The van der Waals surface area contributed by atoms with Crippen LogP contribution in [0.1, 0.15) is 29.5 Å². The molecule has 2 fully saturated rings. The van der Waals surface area contributed by atoms with Crippen molar-refractivity contribution >= 4 is 17.2 Å². The van der Waals surface area contributed by atoms with Gasteiger partial charge in [0, 0.05) is 49.0 Å². The van der Waals surface area contributed by atoms with Crippen molar-refractivity contribution < 1.29 is 4.79 Å². The largest absolute Gasteiger partial charge is 0.340 e. The number of piperidine rings is 1. The fraction of sp³-hybridized carbons (Fsp3) is 0.706. The molecular formula is C17H27N3OS. The average Bonchev–Trinajstić information content (AvgIpc) is 2.92. The number of hydrogen-bond donors (Lipinski definition) is 0. The molecule has 0 aromatic carbocycles. The molecule has 2 saturated heterocycles. The summed E-state index contributed by atoms with van der Waals surface area (Å²) in [5, 5.41) is 0. The third kappa shape index (κ3) is 2.82. The second kappa shape index (κ2) is 6.30. The molecule has 3 heterocycles. The Morgan fingerprint density at radius 1 is 1.18 bits per heavy atom. The first-order valence-corrected chi connectivity index (χ1v) is 9.15. The first-order valence-electron chi connectivity index (χ1n) is 8.33. The van der Waals surface area contributed by atoms with E-state index in [-0.39, 0.29) is 5.54 Å². The molecule has 0 aliphatic carbocycles. The van der Waals surface area contributed by atoms with Gasteiger partial charge in [0.1, 0.15) is 5.54 Å². The quantitative estimate of drug-likeness (QED) is 0.854. The van der Waals surface area contributed by atoms with Gasteiger partial charge in [0.15, 0.2) is 0 Å². The molecule has 0 N–H and O–H groups in total. The van der Waals surface area contributed by atoms with Gasteiger partial charge in [0.25, 0.3) is 0 Å². The third-order valence-corrected chi connectivity index (χ3v) is 6.35. The van der Waals surface area contributed by atoms with E-state index in [9.17, 15) is 4.79 Å². The highest BCUT2D eigenvalue weighted by Crippen LogP contribution is 2.33. The molecule has 0 unspecified atom stereocenters. The van der Waals surface area contributed by atoms with E-state index >= 15 is 0 Å². The Morgan fingerprint density at radius 2 is 1.91 bits per heavy atom. The molecule has 0 radical (unpaired) electrons. The number of nitrogens with zero attached hydrogens (tertiary/aromatic N) is 3. The van der Waals surface area contributed by atoms with Crippen LogP contribution in [0, 0.1) is 6.92 Å². The van der Waals surface area contributed by atoms with Gasteiger partial charge in [0.05, 0.1) is 0 Å². The topological polar surface area (TPSA) is 26.8 Å². The number of carbonyl (C=O) groups excluding carboxylic acids is 1. The average molecular weight is 321 g/mol. The number of likely N-dealkylation sites (tertiary alicyclic amines) is 1. The van der Waals surface area contributed by atoms with Crippen LogP contribution in [0.5, 0.6) is 0 Å². The SMILES string of the molecule is CCN1CCN(C)C2(CCN(Cc3ccc(C)s3)CC2)C1=O. The Kier molecular flexibility index (Phi) is 4.57. The van der Waals surface area contributed by atoms with Crippen molar-refractivity contribution in [2.45, 2.75) is 38.8 Å². The van der Waals surface area contributed by atoms with Crippen LogP contribution in [0.25, 0.3) is 0 Å². The normalized spacial score (nSPS) is 23.4. The highest BCUT2D eigenvalue weighted by Gasteiger charge is 2.48. The second-order valence-corrected chi connectivity index (χ2v) is 8.00. The van der Waals surface area contributed by atoms with E-state index in [1.54, 1.807) is 0 Å². The van der Waals surface area contributed by atoms with Crippen LogP contribution < -0.4 is 0 Å². The highest BCUT2D eigenvalue weighted by molar-refractivity contribution is 7.11. The van der Waals surface area contributed by atoms with Crippen LogP contribution in [0.3, 0.4) is 0 Å². The highest BCUT2D eigenvalue weighted by atomic mass is 32.1. The fourth-order valence-electron chi connectivity index (χ4n) is 3.81. The molecule has 0 bridgehead atoms. The van der Waals surface area contributed by atoms with Crippen molar-refractivity contribution in [3.8, 4) is 0 Å². The number of thiophene rings is 1. The maximum Gasteiger partial charge on any atom is 0.243 e. The van der Waals surface area contributed by atoms with Crippen molar-refractivity contribution in [2.24, 2.45) is 0 Å². The lowest BCUT2D eigenvalue weighted by atomic mass is 9.82. The fourth-order valence-corrected chi connectivity index (χ4v) is 4.75. The monoisotopic (exact) mass is 321 g/mol. The molecule has 1 aromatic heterocycles. The van der Waals surface area contributed by atoms with Gasteiger partial charge in [-0.05, 0) is 45.9 Å². The van der Waals surface area contributed by atoms with E-state index < -0.39 is 0 Å². The number of aryl methyl sites for hydroxylation is 1. The Balaban J connectivity index is 1.65. The summed E-state index contributed by atoms with van der Waals surface area (Å²) in [6, 6.07) is 4.43. The van der Waals surface area contributed by atoms with Gasteiger partial charge in [-0.1, -0.05) is 0 Å². The first-order chi connectivity index (χ1) is 10.5. The van der Waals surface area contributed by atoms with Crippen molar-refractivity contribution in [2.75, 3.05) is 39.8 Å². The van der Waals surface area contributed by atoms with E-state index in [1.807, 2.05) is 16.2 Å². The van der Waals surface area contributed by atoms with Crippen LogP contribution in [-0.2, 0) is 11.3 Å². The van der Waals surface area contributed by atoms with Crippen molar-refractivity contribution in [3.63, 3.8) is 0 Å². The molecule has 1 amide bonds. The van der Waals surface area contributed by atoms with Gasteiger partial charge in [0.2, 0.25) is 5.91 Å². The number of carbonyl (C=O) groups is 1. The summed E-state index contributed by atoms with van der Waals surface area (Å²) < 4.78 is 0. The van der Waals surface area contributed by atoms with Crippen molar-refractivity contribution in [3.05, 3.63) is 21.9 Å². The van der Waals surface area contributed by atoms with Gasteiger partial charge < -0.3 is 4.90 Å². The third-order valence-electron chi connectivity index (χ3n) is 5.36. The molecule has 1 aromatic rings. The number of piperazine rings is 1. The standard InChI is InChI=1S/C17H27N3OS/c1-4-20-12-11-18(3)17(16(20)21)7-9-19(10-8-17)13-15-6-5-14(2)22-15/h5-6H,4,7-13H2,1-3H3. The zero-order chi connectivity index (χ0) is 15.7. The minimum atomic E-state index is -0.240. The van der Waals surface area contributed by atoms with E-state index in [4.69, 9.17) is 0 Å². The lowest BCUT2D eigenvalue weighted by Crippen LogP contribution is -2.67. The van der Waals surface area contributed by atoms with E-state index in [2.05, 4.69) is 42.8 Å². The summed E-state index contributed by atoms with van der Waals surface area (Å²) in [4.78, 5) is 22.6. The van der Waals surface area contributed by atoms with Gasteiger partial charge in [-0.15, -0.1) is 11.3 Å². The van der Waals surface area contributed by atoms with Gasteiger partial charge >= 0.3 is 0 Å². The lowest BCUT2D eigenvalue weighted by Gasteiger charge is -2.51. The molecule has 122 valence electrons. The van der Waals surface area contributed by atoms with Crippen LogP contribution in [0.4, 0.5) is 0 Å². The molecule has 0 atom stereocenters. The molecule has 2 aliphatic heterocycles. The molecule has 5 heteroatoms. The predicted octanol–water partition coefficient (Wildman–Crippen LogP) is 2.19. The first kappa shape index (κ1) is 16.0. The van der Waals surface area contributed by atoms with Crippen LogP contribution in [0.15, 0.2) is 12.1 Å². The Labute approximate surface area is 137 Å². The Hall–Kier alpha value is -0.910. The summed E-state index contributed by atoms with van der Waals surface area (Å²) in [5.41, 5.74) is -0.240. The number of rotatable bonds is 3. The summed E-state index contributed by atoms with van der Waals surface area (Å²) in [7, 11) is 2.13. The predicted molar refractivity (Wildman–Crippen MR) is 91.2 cm³/mol. The van der Waals surface area contributed by atoms with Crippen molar-refractivity contribution in [1.29, 1.82) is 0 Å². The minimum Gasteiger partial charge on any atom is -0.340 e. The van der Waals surface area contributed by atoms with Gasteiger partial charge in [-0.25, -0.2) is 0 Å². The van der Waals surface area contributed by atoms with Crippen LogP contribution >= 0.6 is 11.3 Å². The van der Waals surface area contributed by atoms with Crippen molar-refractivity contribution in [1.82, 2.24) is 14.7 Å². The van der Waals surface area contributed by atoms with E-state index in [0.29, 0.717) is 5.91 Å². The lowest BCUT2D eigenvalue weighted by molar-refractivity contribution is -0.154. The number of likely N-dealkylation sites (N-methyl/N-ethyl adjacent to an activating group) is 2. The maximum atomic E-state index is 12.9. The molecule has 2 aliphatic rings. The smallest absolute Gasteiger partial charge is 0.243 e. The Bertz CT molecular complexity index is 534. The van der Waals surface area contributed by atoms with Crippen LogP contribution in [-0.4, -0.2) is 65.9 Å². The Morgan fingerprint density at radius 3 is 2.50 bits per heavy atom.